The van der Waals surface area contributed by atoms with E-state index in [-0.39, 0.29) is 11.4 Å². The fourth-order valence-corrected chi connectivity index (χ4v) is 2.69. The highest BCUT2D eigenvalue weighted by Crippen LogP contribution is 2.19. The first-order valence-corrected chi connectivity index (χ1v) is 7.57. The van der Waals surface area contributed by atoms with Gasteiger partial charge in [-0.25, -0.2) is 17.9 Å². The van der Waals surface area contributed by atoms with Crippen molar-refractivity contribution in [2.45, 2.75) is 17.9 Å². The molecule has 1 atom stereocenters. The van der Waals surface area contributed by atoms with E-state index in [0.29, 0.717) is 0 Å². The van der Waals surface area contributed by atoms with Crippen LogP contribution in [0, 0.1) is 6.92 Å². The molecule has 1 unspecified atom stereocenters. The molecular formula is C11H14BrNO5S. The number of carboxylic acid groups (broad SMARTS) is 1. The molecule has 0 aliphatic rings. The number of carbonyl (C=O) groups is 1. The average Bonchev–Trinajstić information content (AvgIpc) is 2.32. The second kappa shape index (κ2) is 6.47. The third kappa shape index (κ3) is 4.27. The van der Waals surface area contributed by atoms with Gasteiger partial charge in [0.2, 0.25) is 10.0 Å². The van der Waals surface area contributed by atoms with Crippen molar-refractivity contribution in [3.8, 4) is 0 Å². The molecule has 0 spiro atoms. The molecule has 19 heavy (non-hydrogen) atoms. The van der Waals surface area contributed by atoms with E-state index >= 15 is 0 Å². The summed E-state index contributed by atoms with van der Waals surface area (Å²) in [5.74, 6) is -1.22. The molecule has 0 amide bonds. The number of rotatable bonds is 6. The molecule has 0 heterocycles. The fraction of sp³-hybridized carbons (Fsp3) is 0.364. The van der Waals surface area contributed by atoms with Gasteiger partial charge in [0.1, 0.15) is 0 Å². The topological polar surface area (TPSA) is 92.7 Å². The van der Waals surface area contributed by atoms with Gasteiger partial charge in [-0.3, -0.25) is 0 Å². The number of hydrogen-bond acceptors (Lipinski definition) is 4. The maximum atomic E-state index is 12.0. The van der Waals surface area contributed by atoms with Gasteiger partial charge in [0, 0.05) is 18.1 Å². The number of ether oxygens (including phenoxy) is 1. The van der Waals surface area contributed by atoms with Gasteiger partial charge in [-0.05, 0) is 30.7 Å². The van der Waals surface area contributed by atoms with Crippen molar-refractivity contribution in [2.75, 3.05) is 13.7 Å². The van der Waals surface area contributed by atoms with Gasteiger partial charge in [-0.1, -0.05) is 15.9 Å². The van der Waals surface area contributed by atoms with Crippen LogP contribution in [0.1, 0.15) is 5.56 Å². The van der Waals surface area contributed by atoms with Gasteiger partial charge < -0.3 is 9.84 Å². The van der Waals surface area contributed by atoms with Crippen molar-refractivity contribution in [1.29, 1.82) is 0 Å². The third-order valence-corrected chi connectivity index (χ3v) is 4.77. The Morgan fingerprint density at radius 2 is 2.16 bits per heavy atom. The maximum Gasteiger partial charge on any atom is 0.334 e. The van der Waals surface area contributed by atoms with Crippen LogP contribution < -0.4 is 4.72 Å². The Hall–Kier alpha value is -0.960. The van der Waals surface area contributed by atoms with Crippen molar-refractivity contribution in [2.24, 2.45) is 0 Å². The number of aryl methyl sites for hydroxylation is 1. The lowest BCUT2D eigenvalue weighted by atomic mass is 10.2. The van der Waals surface area contributed by atoms with Crippen molar-refractivity contribution >= 4 is 31.9 Å². The number of benzene rings is 1. The second-order valence-electron chi connectivity index (χ2n) is 3.83. The average molecular weight is 352 g/mol. The second-order valence-corrected chi connectivity index (χ2v) is 6.45. The van der Waals surface area contributed by atoms with Gasteiger partial charge in [-0.15, -0.1) is 0 Å². The normalized spacial score (nSPS) is 13.2. The molecule has 0 aliphatic carbocycles. The zero-order chi connectivity index (χ0) is 14.6. The summed E-state index contributed by atoms with van der Waals surface area (Å²) in [6.07, 6.45) is -1.22. The predicted octanol–water partition coefficient (Wildman–Crippen LogP) is 1.14. The van der Waals surface area contributed by atoms with Gasteiger partial charge in [0.15, 0.2) is 6.10 Å². The molecule has 106 valence electrons. The van der Waals surface area contributed by atoms with E-state index in [1.165, 1.54) is 19.2 Å². The van der Waals surface area contributed by atoms with Crippen LogP contribution >= 0.6 is 15.9 Å². The minimum absolute atomic E-state index is 0.0773. The third-order valence-electron chi connectivity index (χ3n) is 2.46. The van der Waals surface area contributed by atoms with Crippen LogP contribution in [-0.4, -0.2) is 39.3 Å². The van der Waals surface area contributed by atoms with Gasteiger partial charge in [-0.2, -0.15) is 0 Å². The van der Waals surface area contributed by atoms with Crippen LogP contribution in [0.25, 0.3) is 0 Å². The van der Waals surface area contributed by atoms with Crippen LogP contribution in [0.4, 0.5) is 0 Å². The Morgan fingerprint density at radius 1 is 1.53 bits per heavy atom. The molecule has 0 fully saturated rings. The first-order chi connectivity index (χ1) is 8.77. The molecular weight excluding hydrogens is 338 g/mol. The lowest BCUT2D eigenvalue weighted by Crippen LogP contribution is -2.37. The summed E-state index contributed by atoms with van der Waals surface area (Å²) in [5, 5.41) is 8.76. The zero-order valence-corrected chi connectivity index (χ0v) is 12.8. The number of carboxylic acids is 1. The number of methoxy groups -OCH3 is 1. The predicted molar refractivity (Wildman–Crippen MR) is 72.5 cm³/mol. The monoisotopic (exact) mass is 351 g/mol. The molecule has 0 aromatic heterocycles. The van der Waals surface area contributed by atoms with Gasteiger partial charge in [0.25, 0.3) is 0 Å². The number of nitrogens with one attached hydrogen (secondary N) is 1. The number of hydrogen-bond donors (Lipinski definition) is 2. The van der Waals surface area contributed by atoms with E-state index < -0.39 is 22.1 Å². The van der Waals surface area contributed by atoms with Crippen molar-refractivity contribution in [3.63, 3.8) is 0 Å². The number of sulfonamides is 1. The van der Waals surface area contributed by atoms with Crippen LogP contribution in [0.15, 0.2) is 27.6 Å². The van der Waals surface area contributed by atoms with E-state index in [9.17, 15) is 13.2 Å². The Labute approximate surface area is 120 Å². The molecule has 6 nitrogen and oxygen atoms in total. The van der Waals surface area contributed by atoms with E-state index in [4.69, 9.17) is 5.11 Å². The lowest BCUT2D eigenvalue weighted by Gasteiger charge is -2.12. The molecule has 0 aliphatic heterocycles. The summed E-state index contributed by atoms with van der Waals surface area (Å²) in [7, 11) is -2.55. The van der Waals surface area contributed by atoms with E-state index in [2.05, 4.69) is 25.4 Å². The molecule has 0 radical (unpaired) electrons. The van der Waals surface area contributed by atoms with Crippen molar-refractivity contribution in [3.05, 3.63) is 28.2 Å². The first kappa shape index (κ1) is 16.1. The van der Waals surface area contributed by atoms with E-state index in [0.717, 1.165) is 10.0 Å². The Bertz CT molecular complexity index is 572. The Balaban J connectivity index is 2.86. The lowest BCUT2D eigenvalue weighted by molar-refractivity contribution is -0.147. The summed E-state index contributed by atoms with van der Waals surface area (Å²) >= 11 is 3.28. The Morgan fingerprint density at radius 3 is 2.63 bits per heavy atom. The first-order valence-electron chi connectivity index (χ1n) is 5.29. The highest BCUT2D eigenvalue weighted by atomic mass is 79.9. The molecule has 0 saturated heterocycles. The standard InChI is InChI=1S/C11H14BrNO5S/c1-7-5-8(3-4-9(7)12)19(16,17)13-6-10(18-2)11(14)15/h3-5,10,13H,6H2,1-2H3,(H,14,15). The van der Waals surface area contributed by atoms with Gasteiger partial charge >= 0.3 is 5.97 Å². The highest BCUT2D eigenvalue weighted by molar-refractivity contribution is 9.10. The Kier molecular flexibility index (Phi) is 5.48. The van der Waals surface area contributed by atoms with E-state index in [1.807, 2.05) is 0 Å². The van der Waals surface area contributed by atoms with Crippen LogP contribution in [0.2, 0.25) is 0 Å². The molecule has 1 aromatic carbocycles. The summed E-state index contributed by atoms with van der Waals surface area (Å²) in [6.45, 7) is 1.43. The molecule has 1 aromatic rings. The van der Waals surface area contributed by atoms with Crippen LogP contribution in [-0.2, 0) is 19.6 Å². The quantitative estimate of drug-likeness (QED) is 0.801. The van der Waals surface area contributed by atoms with Crippen molar-refractivity contribution < 1.29 is 23.1 Å². The summed E-state index contributed by atoms with van der Waals surface area (Å²) < 4.78 is 31.6. The van der Waals surface area contributed by atoms with E-state index in [1.54, 1.807) is 13.0 Å². The summed E-state index contributed by atoms with van der Waals surface area (Å²) in [5.41, 5.74) is 0.768. The fourth-order valence-electron chi connectivity index (χ4n) is 1.32. The summed E-state index contributed by atoms with van der Waals surface area (Å²) in [4.78, 5) is 10.8. The minimum atomic E-state index is -3.75. The van der Waals surface area contributed by atoms with Crippen LogP contribution in [0.5, 0.6) is 0 Å². The maximum absolute atomic E-state index is 12.0. The number of halogens is 1. The molecule has 0 bridgehead atoms. The van der Waals surface area contributed by atoms with Crippen molar-refractivity contribution in [1.82, 2.24) is 4.72 Å². The van der Waals surface area contributed by atoms with Crippen LogP contribution in [0.3, 0.4) is 0 Å². The minimum Gasteiger partial charge on any atom is -0.479 e. The SMILES string of the molecule is COC(CNS(=O)(=O)c1ccc(Br)c(C)c1)C(=O)O. The zero-order valence-electron chi connectivity index (χ0n) is 10.4. The highest BCUT2D eigenvalue weighted by Gasteiger charge is 2.21. The van der Waals surface area contributed by atoms with Gasteiger partial charge in [0.05, 0.1) is 4.90 Å². The molecule has 8 heteroatoms. The largest absolute Gasteiger partial charge is 0.479 e. The molecule has 0 saturated carbocycles. The summed E-state index contributed by atoms with van der Waals surface area (Å²) in [6, 6.07) is 4.55. The molecule has 2 N–H and O–H groups in total. The molecule has 1 rings (SSSR count). The smallest absolute Gasteiger partial charge is 0.334 e. The number of aliphatic carboxylic acids is 1.